The Morgan fingerprint density at radius 3 is 2.20 bits per heavy atom. The van der Waals surface area contributed by atoms with Crippen LogP contribution in [0.25, 0.3) is 0 Å². The van der Waals surface area contributed by atoms with E-state index in [1.54, 1.807) is 0 Å². The maximum atomic E-state index is 12.2. The summed E-state index contributed by atoms with van der Waals surface area (Å²) >= 11 is 0. The molecule has 0 radical (unpaired) electrons. The molecule has 0 saturated carbocycles. The lowest BCUT2D eigenvalue weighted by atomic mass is 10.1. The Morgan fingerprint density at radius 2 is 1.75 bits per heavy atom. The number of hydrogen-bond donors (Lipinski definition) is 0. The summed E-state index contributed by atoms with van der Waals surface area (Å²) < 4.78 is 24.4. The monoisotopic (exact) mass is 294 g/mol. The fraction of sp³-hybridized carbons (Fsp3) is 0.533. The van der Waals surface area contributed by atoms with Crippen LogP contribution in [-0.2, 0) is 9.84 Å². The molecule has 1 atom stereocenters. The lowest BCUT2D eigenvalue weighted by Gasteiger charge is -2.27. The van der Waals surface area contributed by atoms with Crippen LogP contribution >= 0.6 is 0 Å². The highest BCUT2D eigenvalue weighted by atomic mass is 32.2. The second-order valence-corrected chi connectivity index (χ2v) is 7.53. The highest BCUT2D eigenvalue weighted by Crippen LogP contribution is 2.14. The van der Waals surface area contributed by atoms with E-state index in [1.165, 1.54) is 24.3 Å². The van der Waals surface area contributed by atoms with E-state index in [9.17, 15) is 8.42 Å². The maximum absolute atomic E-state index is 12.2. The Labute approximate surface area is 121 Å². The first kappa shape index (κ1) is 16.7. The molecule has 1 unspecified atom stereocenters. The number of hydrogen-bond acceptors (Lipinski definition) is 4. The number of sulfone groups is 1. The van der Waals surface area contributed by atoms with E-state index >= 15 is 0 Å². The molecule has 110 valence electrons. The van der Waals surface area contributed by atoms with Gasteiger partial charge < -0.3 is 4.90 Å². The average Bonchev–Trinajstić information content (AvgIpc) is 2.44. The number of nitrogens with zero attached hydrogens (tertiary/aromatic N) is 2. The van der Waals surface area contributed by atoms with Gasteiger partial charge in [-0.1, -0.05) is 13.8 Å². The molecular formula is C15H22N2O2S. The van der Waals surface area contributed by atoms with Crippen molar-refractivity contribution in [2.24, 2.45) is 5.92 Å². The van der Waals surface area contributed by atoms with Crippen LogP contribution in [0.4, 0.5) is 0 Å². The molecule has 0 saturated heterocycles. The van der Waals surface area contributed by atoms with Crippen LogP contribution < -0.4 is 0 Å². The largest absolute Gasteiger partial charge is 0.302 e. The summed E-state index contributed by atoms with van der Waals surface area (Å²) in [6.07, 6.45) is 0. The van der Waals surface area contributed by atoms with Gasteiger partial charge in [0.15, 0.2) is 9.84 Å². The van der Waals surface area contributed by atoms with E-state index in [0.717, 1.165) is 0 Å². The maximum Gasteiger partial charge on any atom is 0.179 e. The Morgan fingerprint density at radius 1 is 1.20 bits per heavy atom. The number of benzene rings is 1. The molecule has 0 bridgehead atoms. The molecule has 0 aliphatic heterocycles. The van der Waals surface area contributed by atoms with Crippen molar-refractivity contribution < 1.29 is 8.42 Å². The quantitative estimate of drug-likeness (QED) is 0.807. The fourth-order valence-corrected chi connectivity index (χ4v) is 3.15. The smallest absolute Gasteiger partial charge is 0.179 e. The van der Waals surface area contributed by atoms with Gasteiger partial charge in [0.1, 0.15) is 0 Å². The lowest BCUT2D eigenvalue weighted by molar-refractivity contribution is 0.219. The third kappa shape index (κ3) is 4.32. The molecule has 1 aromatic carbocycles. The van der Waals surface area contributed by atoms with Crippen LogP contribution in [0.1, 0.15) is 26.3 Å². The third-order valence-electron chi connectivity index (χ3n) is 3.72. The minimum atomic E-state index is -3.29. The molecule has 0 fully saturated rings. The van der Waals surface area contributed by atoms with Crippen molar-refractivity contribution in [3.63, 3.8) is 0 Å². The molecule has 5 heteroatoms. The summed E-state index contributed by atoms with van der Waals surface area (Å²) in [6.45, 7) is 6.84. The molecule has 1 rings (SSSR count). The molecule has 0 spiro atoms. The predicted octanol–water partition coefficient (Wildman–Crippen LogP) is 2.31. The van der Waals surface area contributed by atoms with Crippen LogP contribution in [-0.4, -0.2) is 38.7 Å². The highest BCUT2D eigenvalue weighted by molar-refractivity contribution is 7.91. The van der Waals surface area contributed by atoms with Crippen LogP contribution in [0, 0.1) is 17.2 Å². The lowest BCUT2D eigenvalue weighted by Crippen LogP contribution is -2.36. The van der Waals surface area contributed by atoms with Crippen molar-refractivity contribution in [3.8, 4) is 6.07 Å². The zero-order valence-electron chi connectivity index (χ0n) is 12.5. The highest BCUT2D eigenvalue weighted by Gasteiger charge is 2.18. The van der Waals surface area contributed by atoms with E-state index in [-0.39, 0.29) is 10.6 Å². The van der Waals surface area contributed by atoms with Crippen LogP contribution in [0.2, 0.25) is 0 Å². The molecule has 0 aliphatic carbocycles. The zero-order chi connectivity index (χ0) is 15.3. The summed E-state index contributed by atoms with van der Waals surface area (Å²) in [7, 11) is -1.35. The summed E-state index contributed by atoms with van der Waals surface area (Å²) in [5.74, 6) is 0.574. The summed E-state index contributed by atoms with van der Waals surface area (Å²) in [6, 6.07) is 8.39. The van der Waals surface area contributed by atoms with Crippen LogP contribution in [0.15, 0.2) is 29.2 Å². The first-order valence-electron chi connectivity index (χ1n) is 6.71. The Bertz CT molecular complexity index is 571. The van der Waals surface area contributed by atoms with E-state index in [1.807, 2.05) is 13.1 Å². The molecule has 0 aromatic heterocycles. The van der Waals surface area contributed by atoms with Gasteiger partial charge in [-0.25, -0.2) is 8.42 Å². The van der Waals surface area contributed by atoms with Gasteiger partial charge in [-0.05, 0) is 44.2 Å². The Hall–Kier alpha value is -1.38. The minimum Gasteiger partial charge on any atom is -0.302 e. The van der Waals surface area contributed by atoms with Crippen molar-refractivity contribution >= 4 is 9.84 Å². The van der Waals surface area contributed by atoms with Crippen molar-refractivity contribution in [2.75, 3.05) is 19.3 Å². The number of nitriles is 1. The van der Waals surface area contributed by atoms with Gasteiger partial charge in [-0.15, -0.1) is 0 Å². The van der Waals surface area contributed by atoms with Crippen molar-refractivity contribution in [3.05, 3.63) is 29.8 Å². The van der Waals surface area contributed by atoms with Gasteiger partial charge in [0, 0.05) is 12.6 Å². The van der Waals surface area contributed by atoms with E-state index in [0.29, 0.717) is 24.1 Å². The zero-order valence-corrected chi connectivity index (χ0v) is 13.3. The molecule has 0 heterocycles. The van der Waals surface area contributed by atoms with Crippen LogP contribution in [0.5, 0.6) is 0 Å². The summed E-state index contributed by atoms with van der Waals surface area (Å²) in [4.78, 5) is 2.34. The van der Waals surface area contributed by atoms with Gasteiger partial charge >= 0.3 is 0 Å². The SMILES string of the molecule is CC(C)C(C)N(C)CCS(=O)(=O)c1ccc(C#N)cc1. The third-order valence-corrected chi connectivity index (χ3v) is 5.43. The molecular weight excluding hydrogens is 272 g/mol. The molecule has 0 amide bonds. The Balaban J connectivity index is 2.73. The normalized spacial score (nSPS) is 13.4. The average molecular weight is 294 g/mol. The second-order valence-electron chi connectivity index (χ2n) is 5.42. The minimum absolute atomic E-state index is 0.0897. The van der Waals surface area contributed by atoms with Crippen molar-refractivity contribution in [1.29, 1.82) is 5.26 Å². The first-order valence-corrected chi connectivity index (χ1v) is 8.36. The van der Waals surface area contributed by atoms with Gasteiger partial charge in [-0.2, -0.15) is 5.26 Å². The standard InChI is InChI=1S/C15H22N2O2S/c1-12(2)13(3)17(4)9-10-20(18,19)15-7-5-14(11-16)6-8-15/h5-8,12-13H,9-10H2,1-4H3. The summed E-state index contributed by atoms with van der Waals surface area (Å²) in [5.41, 5.74) is 0.467. The van der Waals surface area contributed by atoms with Crippen molar-refractivity contribution in [2.45, 2.75) is 31.7 Å². The fourth-order valence-electron chi connectivity index (χ4n) is 1.83. The van der Waals surface area contributed by atoms with Gasteiger partial charge in [-0.3, -0.25) is 0 Å². The molecule has 0 aliphatic rings. The first-order chi connectivity index (χ1) is 9.27. The molecule has 4 nitrogen and oxygen atoms in total. The van der Waals surface area contributed by atoms with E-state index in [2.05, 4.69) is 25.7 Å². The Kier molecular flexibility index (Phi) is 5.73. The van der Waals surface area contributed by atoms with Gasteiger partial charge in [0.25, 0.3) is 0 Å². The molecule has 20 heavy (non-hydrogen) atoms. The summed E-state index contributed by atoms with van der Waals surface area (Å²) in [5, 5.41) is 8.71. The van der Waals surface area contributed by atoms with E-state index in [4.69, 9.17) is 5.26 Å². The van der Waals surface area contributed by atoms with Gasteiger partial charge in [0.2, 0.25) is 0 Å². The topological polar surface area (TPSA) is 61.2 Å². The van der Waals surface area contributed by atoms with Crippen molar-refractivity contribution in [1.82, 2.24) is 4.90 Å². The van der Waals surface area contributed by atoms with E-state index < -0.39 is 9.84 Å². The number of rotatable bonds is 6. The second kappa shape index (κ2) is 6.87. The van der Waals surface area contributed by atoms with Crippen LogP contribution in [0.3, 0.4) is 0 Å². The molecule has 0 N–H and O–H groups in total. The predicted molar refractivity (Wildman–Crippen MR) is 80.1 cm³/mol. The van der Waals surface area contributed by atoms with Gasteiger partial charge in [0.05, 0.1) is 22.3 Å². The molecule has 1 aromatic rings.